The van der Waals surface area contributed by atoms with Crippen molar-refractivity contribution in [2.24, 2.45) is 0 Å². The molecule has 0 aliphatic carbocycles. The zero-order chi connectivity index (χ0) is 14.8. The monoisotopic (exact) mass is 291 g/mol. The molecule has 2 saturated heterocycles. The van der Waals surface area contributed by atoms with Gasteiger partial charge in [-0.15, -0.1) is 0 Å². The topological polar surface area (TPSA) is 35.6 Å². The molecule has 4 nitrogen and oxygen atoms in total. The Balaban J connectivity index is 1.58. The van der Waals surface area contributed by atoms with Crippen LogP contribution in [-0.2, 0) is 0 Å². The fraction of sp³-hybridized carbons (Fsp3) is 0.562. The van der Waals surface area contributed by atoms with E-state index in [9.17, 15) is 9.18 Å². The lowest BCUT2D eigenvalue weighted by atomic mass is 10.2. The van der Waals surface area contributed by atoms with Gasteiger partial charge in [0.1, 0.15) is 5.82 Å². The number of hydrogen-bond donors (Lipinski definition) is 1. The maximum absolute atomic E-state index is 13.4. The Morgan fingerprint density at radius 3 is 2.71 bits per heavy atom. The number of aryl methyl sites for hydroxylation is 1. The second kappa shape index (κ2) is 6.02. The van der Waals surface area contributed by atoms with Crippen molar-refractivity contribution < 1.29 is 9.18 Å². The molecule has 3 rings (SSSR count). The highest BCUT2D eigenvalue weighted by Gasteiger charge is 2.31. The van der Waals surface area contributed by atoms with E-state index in [1.807, 2.05) is 11.8 Å². The minimum Gasteiger partial charge on any atom is -0.323 e. The number of nitrogens with one attached hydrogen (secondary N) is 1. The maximum Gasteiger partial charge on any atom is 0.321 e. The fourth-order valence-corrected chi connectivity index (χ4v) is 3.34. The summed E-state index contributed by atoms with van der Waals surface area (Å²) in [6.45, 7) is 5.69. The highest BCUT2D eigenvalue weighted by atomic mass is 19.1. The highest BCUT2D eigenvalue weighted by molar-refractivity contribution is 5.89. The molecule has 1 unspecified atom stereocenters. The molecule has 21 heavy (non-hydrogen) atoms. The van der Waals surface area contributed by atoms with Crippen LogP contribution in [0.3, 0.4) is 0 Å². The van der Waals surface area contributed by atoms with Gasteiger partial charge in [-0.25, -0.2) is 9.18 Å². The molecular formula is C16H22FN3O. The molecule has 1 N–H and O–H groups in total. The number of anilines is 1. The van der Waals surface area contributed by atoms with Crippen molar-refractivity contribution in [1.82, 2.24) is 9.80 Å². The number of carbonyl (C=O) groups is 1. The third-order valence-corrected chi connectivity index (χ3v) is 4.40. The number of rotatable bonds is 2. The van der Waals surface area contributed by atoms with Crippen LogP contribution in [0, 0.1) is 12.7 Å². The minimum atomic E-state index is -0.318. The summed E-state index contributed by atoms with van der Waals surface area (Å²) in [4.78, 5) is 16.6. The van der Waals surface area contributed by atoms with Crippen molar-refractivity contribution in [3.63, 3.8) is 0 Å². The normalized spacial score (nSPS) is 22.8. The number of hydrogen-bond acceptors (Lipinski definition) is 2. The predicted molar refractivity (Wildman–Crippen MR) is 80.9 cm³/mol. The first-order chi connectivity index (χ1) is 10.1. The maximum atomic E-state index is 13.4. The summed E-state index contributed by atoms with van der Waals surface area (Å²) in [5, 5.41) is 2.81. The van der Waals surface area contributed by atoms with Crippen molar-refractivity contribution in [3.8, 4) is 0 Å². The van der Waals surface area contributed by atoms with Crippen LogP contribution in [0.5, 0.6) is 0 Å². The first-order valence-electron chi connectivity index (χ1n) is 7.69. The Kier molecular flexibility index (Phi) is 4.10. The summed E-state index contributed by atoms with van der Waals surface area (Å²) in [5.74, 6) is -0.318. The van der Waals surface area contributed by atoms with E-state index in [1.54, 1.807) is 6.07 Å². The van der Waals surface area contributed by atoms with Gasteiger partial charge >= 0.3 is 6.03 Å². The van der Waals surface area contributed by atoms with Crippen molar-refractivity contribution >= 4 is 11.7 Å². The van der Waals surface area contributed by atoms with Gasteiger partial charge in [0.2, 0.25) is 0 Å². The molecule has 114 valence electrons. The van der Waals surface area contributed by atoms with Crippen LogP contribution in [0.15, 0.2) is 18.2 Å². The summed E-state index contributed by atoms with van der Waals surface area (Å²) in [7, 11) is 0. The quantitative estimate of drug-likeness (QED) is 0.909. The van der Waals surface area contributed by atoms with Crippen LogP contribution in [0.1, 0.15) is 24.8 Å². The van der Waals surface area contributed by atoms with Gasteiger partial charge < -0.3 is 10.2 Å². The van der Waals surface area contributed by atoms with Crippen LogP contribution >= 0.6 is 0 Å². The molecule has 1 aromatic carbocycles. The standard InChI is InChI=1S/C16H22FN3O/c1-12-8-13(17)10-14(9-12)18-16(21)20-7-4-15(11-20)19-5-2-3-6-19/h8-10,15H,2-7,11H2,1H3,(H,18,21). The lowest BCUT2D eigenvalue weighted by Crippen LogP contribution is -2.38. The lowest BCUT2D eigenvalue weighted by Gasteiger charge is -2.23. The van der Waals surface area contributed by atoms with E-state index < -0.39 is 0 Å². The largest absolute Gasteiger partial charge is 0.323 e. The minimum absolute atomic E-state index is 0.123. The van der Waals surface area contributed by atoms with Gasteiger partial charge in [0.05, 0.1) is 0 Å². The predicted octanol–water partition coefficient (Wildman–Crippen LogP) is 2.84. The van der Waals surface area contributed by atoms with E-state index in [2.05, 4.69) is 10.2 Å². The van der Waals surface area contributed by atoms with E-state index in [0.29, 0.717) is 11.7 Å². The van der Waals surface area contributed by atoms with Gasteiger partial charge in [-0.1, -0.05) is 0 Å². The van der Waals surface area contributed by atoms with Gasteiger partial charge in [-0.3, -0.25) is 4.90 Å². The van der Waals surface area contributed by atoms with Crippen molar-refractivity contribution in [2.45, 2.75) is 32.2 Å². The molecule has 1 atom stereocenters. The zero-order valence-corrected chi connectivity index (χ0v) is 12.4. The number of urea groups is 1. The van der Waals surface area contributed by atoms with Gasteiger partial charge in [-0.05, 0) is 63.0 Å². The smallest absolute Gasteiger partial charge is 0.321 e. The second-order valence-electron chi connectivity index (χ2n) is 6.08. The van der Waals surface area contributed by atoms with E-state index in [-0.39, 0.29) is 11.8 Å². The summed E-state index contributed by atoms with van der Waals surface area (Å²) < 4.78 is 13.4. The molecule has 0 spiro atoms. The Morgan fingerprint density at radius 2 is 2.00 bits per heavy atom. The van der Waals surface area contributed by atoms with Crippen LogP contribution in [-0.4, -0.2) is 48.1 Å². The average molecular weight is 291 g/mol. The lowest BCUT2D eigenvalue weighted by molar-refractivity contribution is 0.210. The fourth-order valence-electron chi connectivity index (χ4n) is 3.34. The Hall–Kier alpha value is -1.62. The van der Waals surface area contributed by atoms with Gasteiger partial charge in [0.25, 0.3) is 0 Å². The second-order valence-corrected chi connectivity index (χ2v) is 6.08. The molecule has 2 heterocycles. The Labute approximate surface area is 124 Å². The molecule has 0 aromatic heterocycles. The van der Waals surface area contributed by atoms with E-state index in [4.69, 9.17) is 0 Å². The van der Waals surface area contributed by atoms with Gasteiger partial charge in [0.15, 0.2) is 0 Å². The Bertz CT molecular complexity index is 508. The van der Waals surface area contributed by atoms with E-state index in [1.165, 1.54) is 25.0 Å². The van der Waals surface area contributed by atoms with Crippen LogP contribution in [0.2, 0.25) is 0 Å². The molecule has 0 bridgehead atoms. The average Bonchev–Trinajstić information content (AvgIpc) is 3.09. The van der Waals surface area contributed by atoms with Crippen LogP contribution in [0.25, 0.3) is 0 Å². The number of likely N-dealkylation sites (tertiary alicyclic amines) is 2. The third kappa shape index (κ3) is 3.35. The van der Waals surface area contributed by atoms with E-state index in [0.717, 1.165) is 38.2 Å². The number of benzene rings is 1. The first kappa shape index (κ1) is 14.3. The highest BCUT2D eigenvalue weighted by Crippen LogP contribution is 2.21. The summed E-state index contributed by atoms with van der Waals surface area (Å²) in [5.41, 5.74) is 1.34. The number of nitrogens with zero attached hydrogens (tertiary/aromatic N) is 2. The summed E-state index contributed by atoms with van der Waals surface area (Å²) in [6.07, 6.45) is 3.58. The summed E-state index contributed by atoms with van der Waals surface area (Å²) in [6, 6.07) is 4.97. The molecular weight excluding hydrogens is 269 g/mol. The zero-order valence-electron chi connectivity index (χ0n) is 12.4. The molecule has 1 aromatic rings. The summed E-state index contributed by atoms with van der Waals surface area (Å²) >= 11 is 0. The molecule has 0 saturated carbocycles. The number of amides is 2. The molecule has 5 heteroatoms. The number of carbonyl (C=O) groups excluding carboxylic acids is 1. The third-order valence-electron chi connectivity index (χ3n) is 4.40. The van der Waals surface area contributed by atoms with Gasteiger partial charge in [0, 0.05) is 24.8 Å². The SMILES string of the molecule is Cc1cc(F)cc(NC(=O)N2CCC(N3CCCC3)C2)c1. The molecule has 2 fully saturated rings. The van der Waals surface area contributed by atoms with Gasteiger partial charge in [-0.2, -0.15) is 0 Å². The first-order valence-corrected chi connectivity index (χ1v) is 7.69. The van der Waals surface area contributed by atoms with Crippen molar-refractivity contribution in [2.75, 3.05) is 31.5 Å². The van der Waals surface area contributed by atoms with Crippen LogP contribution < -0.4 is 5.32 Å². The molecule has 2 amide bonds. The number of halogens is 1. The van der Waals surface area contributed by atoms with Crippen molar-refractivity contribution in [1.29, 1.82) is 0 Å². The van der Waals surface area contributed by atoms with E-state index >= 15 is 0 Å². The van der Waals surface area contributed by atoms with Crippen LogP contribution in [0.4, 0.5) is 14.9 Å². The van der Waals surface area contributed by atoms with Crippen molar-refractivity contribution in [3.05, 3.63) is 29.6 Å². The molecule has 2 aliphatic rings. The molecule has 0 radical (unpaired) electrons. The Morgan fingerprint density at radius 1 is 1.24 bits per heavy atom. The molecule has 2 aliphatic heterocycles.